The molecule has 0 unspecified atom stereocenters. The van der Waals surface area contributed by atoms with E-state index in [9.17, 15) is 10.1 Å². The average Bonchev–Trinajstić information content (AvgIpc) is 2.67. The number of hydrogen-bond donors (Lipinski definition) is 1. The maximum absolute atomic E-state index is 12.3. The Hall–Kier alpha value is -0.910. The number of rotatable bonds is 2. The zero-order chi connectivity index (χ0) is 14.9. The average molecular weight is 461 g/mol. The second kappa shape index (κ2) is 6.24. The quantitative estimate of drug-likeness (QED) is 0.651. The minimum atomic E-state index is -0.201. The summed E-state index contributed by atoms with van der Waals surface area (Å²) in [5, 5.41) is 12.6. The van der Waals surface area contributed by atoms with Gasteiger partial charge < -0.3 is 5.32 Å². The van der Waals surface area contributed by atoms with Crippen LogP contribution < -0.4 is 5.32 Å². The SMILES string of the molecule is Cc1sc(NC(=O)c2cc(Br)ccc2I)c(C#N)c1C. The number of nitrogens with one attached hydrogen (secondary N) is 1. The molecule has 0 spiro atoms. The van der Waals surface area contributed by atoms with Gasteiger partial charge in [0, 0.05) is 12.9 Å². The molecule has 20 heavy (non-hydrogen) atoms. The molecular weight excluding hydrogens is 451 g/mol. The van der Waals surface area contributed by atoms with Crippen molar-refractivity contribution >= 4 is 60.8 Å². The van der Waals surface area contributed by atoms with Crippen molar-refractivity contribution in [3.63, 3.8) is 0 Å². The number of carbonyl (C=O) groups excluding carboxylic acids is 1. The second-order valence-electron chi connectivity index (χ2n) is 4.18. The van der Waals surface area contributed by atoms with Crippen LogP contribution in [0.1, 0.15) is 26.4 Å². The minimum Gasteiger partial charge on any atom is -0.312 e. The van der Waals surface area contributed by atoms with E-state index < -0.39 is 0 Å². The van der Waals surface area contributed by atoms with Crippen LogP contribution in [-0.4, -0.2) is 5.91 Å². The van der Waals surface area contributed by atoms with Gasteiger partial charge in [0.2, 0.25) is 0 Å². The zero-order valence-electron chi connectivity index (χ0n) is 10.8. The molecule has 0 aliphatic carbocycles. The zero-order valence-corrected chi connectivity index (χ0v) is 15.3. The van der Waals surface area contributed by atoms with Crippen LogP contribution in [0.15, 0.2) is 22.7 Å². The molecule has 102 valence electrons. The van der Waals surface area contributed by atoms with Crippen LogP contribution in [0, 0.1) is 28.7 Å². The lowest BCUT2D eigenvalue weighted by Crippen LogP contribution is -2.13. The number of halogens is 2. The maximum atomic E-state index is 12.3. The molecule has 2 aromatic rings. The Morgan fingerprint density at radius 3 is 2.80 bits per heavy atom. The van der Waals surface area contributed by atoms with Crippen molar-refractivity contribution in [2.75, 3.05) is 5.32 Å². The topological polar surface area (TPSA) is 52.9 Å². The summed E-state index contributed by atoms with van der Waals surface area (Å²) in [6.45, 7) is 3.84. The number of hydrogen-bond acceptors (Lipinski definition) is 3. The van der Waals surface area contributed by atoms with E-state index >= 15 is 0 Å². The molecule has 6 heteroatoms. The summed E-state index contributed by atoms with van der Waals surface area (Å²) in [7, 11) is 0. The van der Waals surface area contributed by atoms with Gasteiger partial charge in [-0.1, -0.05) is 15.9 Å². The molecular formula is C14H10BrIN2OS. The van der Waals surface area contributed by atoms with Gasteiger partial charge >= 0.3 is 0 Å². The Bertz CT molecular complexity index is 734. The number of thiophene rings is 1. The Labute approximate surface area is 143 Å². The highest BCUT2D eigenvalue weighted by Crippen LogP contribution is 2.32. The van der Waals surface area contributed by atoms with Crippen LogP contribution in [0.3, 0.4) is 0 Å². The fourth-order valence-electron chi connectivity index (χ4n) is 1.69. The van der Waals surface area contributed by atoms with Crippen LogP contribution >= 0.6 is 49.9 Å². The molecule has 0 radical (unpaired) electrons. The van der Waals surface area contributed by atoms with Gasteiger partial charge in [-0.3, -0.25) is 4.79 Å². The predicted molar refractivity (Wildman–Crippen MR) is 93.3 cm³/mol. The summed E-state index contributed by atoms with van der Waals surface area (Å²) in [6.07, 6.45) is 0. The standard InChI is InChI=1S/C14H10BrIN2OS/c1-7-8(2)20-14(11(7)6-17)18-13(19)10-5-9(15)3-4-12(10)16/h3-5H,1-2H3,(H,18,19). The molecule has 2 rings (SSSR count). The number of nitrogens with zero attached hydrogens (tertiary/aromatic N) is 1. The van der Waals surface area contributed by atoms with Crippen molar-refractivity contribution in [3.8, 4) is 6.07 Å². The summed E-state index contributed by atoms with van der Waals surface area (Å²) in [5.41, 5.74) is 2.06. The number of amides is 1. The number of nitriles is 1. The Kier molecular flexibility index (Phi) is 4.83. The van der Waals surface area contributed by atoms with Gasteiger partial charge in [0.25, 0.3) is 5.91 Å². The van der Waals surface area contributed by atoms with Crippen LogP contribution in [0.4, 0.5) is 5.00 Å². The highest BCUT2D eigenvalue weighted by Gasteiger charge is 2.17. The summed E-state index contributed by atoms with van der Waals surface area (Å²) >= 11 is 6.91. The van der Waals surface area contributed by atoms with Gasteiger partial charge in [-0.2, -0.15) is 5.26 Å². The molecule has 0 aliphatic rings. The van der Waals surface area contributed by atoms with Gasteiger partial charge in [0.15, 0.2) is 0 Å². The highest BCUT2D eigenvalue weighted by molar-refractivity contribution is 14.1. The number of anilines is 1. The first kappa shape index (κ1) is 15.5. The summed E-state index contributed by atoms with van der Waals surface area (Å²) in [4.78, 5) is 13.4. The van der Waals surface area contributed by atoms with Gasteiger partial charge in [-0.05, 0) is 60.2 Å². The smallest absolute Gasteiger partial charge is 0.257 e. The van der Waals surface area contributed by atoms with Crippen LogP contribution in [0.25, 0.3) is 0 Å². The lowest BCUT2D eigenvalue weighted by molar-refractivity contribution is 0.102. The van der Waals surface area contributed by atoms with E-state index in [-0.39, 0.29) is 5.91 Å². The number of carbonyl (C=O) groups is 1. The third-order valence-electron chi connectivity index (χ3n) is 2.90. The first-order chi connectivity index (χ1) is 9.43. The van der Waals surface area contributed by atoms with Crippen molar-refractivity contribution in [1.82, 2.24) is 0 Å². The lowest BCUT2D eigenvalue weighted by Gasteiger charge is -2.06. The third-order valence-corrected chi connectivity index (χ3v) is 5.45. The van der Waals surface area contributed by atoms with E-state index in [0.717, 1.165) is 18.5 Å². The molecule has 1 N–H and O–H groups in total. The minimum absolute atomic E-state index is 0.201. The fourth-order valence-corrected chi connectivity index (χ4v) is 3.64. The first-order valence-corrected chi connectivity index (χ1v) is 8.39. The van der Waals surface area contributed by atoms with E-state index in [1.165, 1.54) is 11.3 Å². The van der Waals surface area contributed by atoms with E-state index in [0.29, 0.717) is 16.1 Å². The van der Waals surface area contributed by atoms with Gasteiger partial charge in [-0.15, -0.1) is 11.3 Å². The van der Waals surface area contributed by atoms with Crippen molar-refractivity contribution < 1.29 is 4.79 Å². The van der Waals surface area contributed by atoms with E-state index in [1.807, 2.05) is 26.0 Å². The molecule has 3 nitrogen and oxygen atoms in total. The van der Waals surface area contributed by atoms with Crippen molar-refractivity contribution in [1.29, 1.82) is 5.26 Å². The molecule has 0 atom stereocenters. The van der Waals surface area contributed by atoms with Crippen molar-refractivity contribution in [2.45, 2.75) is 13.8 Å². The molecule has 1 aromatic heterocycles. The molecule has 0 saturated carbocycles. The molecule has 0 fully saturated rings. The van der Waals surface area contributed by atoms with Gasteiger partial charge in [0.1, 0.15) is 11.1 Å². The predicted octanol–water partition coefficient (Wildman–Crippen LogP) is 4.86. The Morgan fingerprint density at radius 1 is 1.45 bits per heavy atom. The fraction of sp³-hybridized carbons (Fsp3) is 0.143. The Morgan fingerprint density at radius 2 is 2.15 bits per heavy atom. The summed E-state index contributed by atoms with van der Waals surface area (Å²) < 4.78 is 1.72. The Balaban J connectivity index is 2.36. The van der Waals surface area contributed by atoms with E-state index in [1.54, 1.807) is 6.07 Å². The molecule has 0 saturated heterocycles. The lowest BCUT2D eigenvalue weighted by atomic mass is 10.2. The van der Waals surface area contributed by atoms with Crippen LogP contribution in [-0.2, 0) is 0 Å². The molecule has 0 bridgehead atoms. The monoisotopic (exact) mass is 460 g/mol. The highest BCUT2D eigenvalue weighted by atomic mass is 127. The number of aryl methyl sites for hydroxylation is 1. The molecule has 1 heterocycles. The van der Waals surface area contributed by atoms with Crippen LogP contribution in [0.2, 0.25) is 0 Å². The second-order valence-corrected chi connectivity index (χ2v) is 7.48. The molecule has 0 aliphatic heterocycles. The molecule has 1 amide bonds. The summed E-state index contributed by atoms with van der Waals surface area (Å²) in [5.74, 6) is -0.201. The van der Waals surface area contributed by atoms with E-state index in [2.05, 4.69) is 49.9 Å². The van der Waals surface area contributed by atoms with Crippen molar-refractivity contribution in [3.05, 3.63) is 47.8 Å². The molecule has 1 aromatic carbocycles. The third kappa shape index (κ3) is 3.05. The summed E-state index contributed by atoms with van der Waals surface area (Å²) in [6, 6.07) is 7.68. The van der Waals surface area contributed by atoms with Gasteiger partial charge in [0.05, 0.1) is 11.1 Å². The van der Waals surface area contributed by atoms with Gasteiger partial charge in [-0.25, -0.2) is 0 Å². The first-order valence-electron chi connectivity index (χ1n) is 5.70. The largest absolute Gasteiger partial charge is 0.312 e. The van der Waals surface area contributed by atoms with Crippen LogP contribution in [0.5, 0.6) is 0 Å². The number of benzene rings is 1. The van der Waals surface area contributed by atoms with Crippen molar-refractivity contribution in [2.24, 2.45) is 0 Å². The maximum Gasteiger partial charge on any atom is 0.257 e. The van der Waals surface area contributed by atoms with E-state index in [4.69, 9.17) is 0 Å². The normalized spacial score (nSPS) is 10.2.